The Kier molecular flexibility index (Phi) is 31.6. The van der Waals surface area contributed by atoms with Crippen molar-refractivity contribution in [1.82, 2.24) is 0 Å². The van der Waals surface area contributed by atoms with Crippen LogP contribution in [0.1, 0.15) is 110 Å². The molecule has 11 heteroatoms. The second-order valence-electron chi connectivity index (χ2n) is 7.18. The molecule has 0 aromatic heterocycles. The van der Waals surface area contributed by atoms with Crippen LogP contribution < -0.4 is 0 Å². The molecule has 0 amide bonds. The van der Waals surface area contributed by atoms with E-state index in [-0.39, 0.29) is 0 Å². The molecular weight excluding hydrogens is 504 g/mol. The van der Waals surface area contributed by atoms with Crippen molar-refractivity contribution in [3.63, 3.8) is 0 Å². The molecule has 0 radical (unpaired) electrons. The first kappa shape index (κ1) is 35.3. The monoisotopic (exact) mass is 545 g/mol. The van der Waals surface area contributed by atoms with E-state index in [4.69, 9.17) is 29.4 Å². The van der Waals surface area contributed by atoms with E-state index in [2.05, 4.69) is 30.5 Å². The zero-order valence-electron chi connectivity index (χ0n) is 18.1. The smallest absolute Gasteiger partial charge is 0.319 e. The van der Waals surface area contributed by atoms with Crippen LogP contribution in [-0.2, 0) is 41.9 Å². The molecule has 0 aliphatic heterocycles. The Morgan fingerprint density at radius 3 is 0.828 bits per heavy atom. The van der Waals surface area contributed by atoms with Gasteiger partial charge >= 0.3 is 107 Å². The molecule has 0 saturated carbocycles. The van der Waals surface area contributed by atoms with Crippen molar-refractivity contribution in [3.05, 3.63) is 0 Å². The third-order valence-corrected chi connectivity index (χ3v) is 5.15. The number of hydrogen-bond acceptors (Lipinski definition) is 2. The molecule has 0 bridgehead atoms. The van der Waals surface area contributed by atoms with Gasteiger partial charge in [-0.3, -0.25) is 0 Å². The Hall–Kier alpha value is 1.68. The van der Waals surface area contributed by atoms with E-state index in [1.807, 2.05) is 0 Å². The molecule has 0 heterocycles. The molecular formula is C18H43O6P2S2Zn. The van der Waals surface area contributed by atoms with Crippen LogP contribution >= 0.6 is 13.4 Å². The van der Waals surface area contributed by atoms with Gasteiger partial charge in [0.05, 0.1) is 0 Å². The van der Waals surface area contributed by atoms with Crippen LogP contribution in [0.3, 0.4) is 0 Å². The minimum atomic E-state index is -3.81. The Labute approximate surface area is 198 Å². The summed E-state index contributed by atoms with van der Waals surface area (Å²) in [6.45, 7) is -5.31. The SMILES string of the molecule is CCCCCCCCCCCCCCCCC[CH2][Zn].OP(O)(O)=S.OP(O)(O)=S. The summed E-state index contributed by atoms with van der Waals surface area (Å²) in [7, 11) is 0. The van der Waals surface area contributed by atoms with E-state index >= 15 is 0 Å². The quantitative estimate of drug-likeness (QED) is 0.0842. The predicted molar refractivity (Wildman–Crippen MR) is 126 cm³/mol. The van der Waals surface area contributed by atoms with Crippen LogP contribution in [0.4, 0.5) is 0 Å². The number of rotatable bonds is 16. The molecule has 0 aromatic carbocycles. The van der Waals surface area contributed by atoms with Gasteiger partial charge in [-0.25, -0.2) is 0 Å². The standard InChI is InChI=1S/C18H37.2H3O3PS.Zn/c1-3-5-7-9-11-13-15-17-18-16-14-12-10-8-6-4-2;2*1-4(2,3)5;/h1,3-18H2,2H3;2*(H3,1,2,3,5);. The van der Waals surface area contributed by atoms with Crippen molar-refractivity contribution in [3.8, 4) is 0 Å². The molecule has 0 rings (SSSR count). The summed E-state index contributed by atoms with van der Waals surface area (Å²) in [5.41, 5.74) is 0. The van der Waals surface area contributed by atoms with Gasteiger partial charge in [-0.1, -0.05) is 39.0 Å². The largest absolute Gasteiger partial charge is 0.325 e. The Bertz CT molecular complexity index is 355. The first-order chi connectivity index (χ1) is 13.4. The van der Waals surface area contributed by atoms with Gasteiger partial charge in [-0.2, -0.15) is 0 Å². The Morgan fingerprint density at radius 2 is 0.655 bits per heavy atom. The summed E-state index contributed by atoms with van der Waals surface area (Å²) in [6.07, 6.45) is 23.7. The van der Waals surface area contributed by atoms with E-state index in [0.29, 0.717) is 0 Å². The summed E-state index contributed by atoms with van der Waals surface area (Å²) >= 11 is 8.71. The fraction of sp³-hybridized carbons (Fsp3) is 1.00. The summed E-state index contributed by atoms with van der Waals surface area (Å²) in [5, 5.41) is 1.50. The van der Waals surface area contributed by atoms with E-state index in [1.165, 1.54) is 126 Å². The fourth-order valence-corrected chi connectivity index (χ4v) is 3.47. The van der Waals surface area contributed by atoms with Crippen LogP contribution in [0.15, 0.2) is 0 Å². The van der Waals surface area contributed by atoms with Crippen molar-refractivity contribution in [2.75, 3.05) is 0 Å². The van der Waals surface area contributed by atoms with Gasteiger partial charge in [0.25, 0.3) is 0 Å². The summed E-state index contributed by atoms with van der Waals surface area (Å²) < 4.78 is 0. The van der Waals surface area contributed by atoms with Gasteiger partial charge in [-0.15, -0.1) is 0 Å². The van der Waals surface area contributed by atoms with Crippen molar-refractivity contribution >= 4 is 37.1 Å². The maximum Gasteiger partial charge on any atom is 0.319 e. The van der Waals surface area contributed by atoms with Gasteiger partial charge in [0.1, 0.15) is 0 Å². The molecule has 0 aliphatic rings. The molecule has 0 spiro atoms. The van der Waals surface area contributed by atoms with Crippen molar-refractivity contribution in [2.24, 2.45) is 0 Å². The van der Waals surface area contributed by atoms with E-state index in [9.17, 15) is 0 Å². The molecule has 29 heavy (non-hydrogen) atoms. The topological polar surface area (TPSA) is 121 Å². The van der Waals surface area contributed by atoms with Crippen LogP contribution in [0.5, 0.6) is 0 Å². The normalized spacial score (nSPS) is 11.3. The molecule has 0 fully saturated rings. The van der Waals surface area contributed by atoms with Crippen molar-refractivity contribution < 1.29 is 47.7 Å². The first-order valence-corrected chi connectivity index (χ1v) is 18.2. The second-order valence-corrected chi connectivity index (χ2v) is 13.7. The molecule has 0 atom stereocenters. The Morgan fingerprint density at radius 1 is 0.483 bits per heavy atom. The summed E-state index contributed by atoms with van der Waals surface area (Å²) in [6, 6.07) is 0. The predicted octanol–water partition coefficient (Wildman–Crippen LogP) is 5.59. The maximum atomic E-state index is 7.56. The summed E-state index contributed by atoms with van der Waals surface area (Å²) in [4.78, 5) is 45.3. The van der Waals surface area contributed by atoms with Gasteiger partial charge in [0.2, 0.25) is 0 Å². The van der Waals surface area contributed by atoms with Crippen molar-refractivity contribution in [1.29, 1.82) is 0 Å². The molecule has 175 valence electrons. The molecule has 0 saturated heterocycles. The molecule has 6 N–H and O–H groups in total. The third kappa shape index (κ3) is 72.7. The van der Waals surface area contributed by atoms with Crippen LogP contribution in [0.2, 0.25) is 5.02 Å². The molecule has 0 unspecified atom stereocenters. The van der Waals surface area contributed by atoms with Crippen molar-refractivity contribution in [2.45, 2.75) is 115 Å². The Balaban J connectivity index is -0.000000555. The number of unbranched alkanes of at least 4 members (excludes halogenated alkanes) is 15. The van der Waals surface area contributed by atoms with Crippen LogP contribution in [-0.4, -0.2) is 29.4 Å². The fourth-order valence-electron chi connectivity index (χ4n) is 2.72. The zero-order chi connectivity index (χ0) is 23.0. The molecule has 6 nitrogen and oxygen atoms in total. The maximum absolute atomic E-state index is 7.56. The van der Waals surface area contributed by atoms with Gasteiger partial charge in [-0.05, 0) is 23.6 Å². The van der Waals surface area contributed by atoms with E-state index < -0.39 is 13.4 Å². The van der Waals surface area contributed by atoms with E-state index in [1.54, 1.807) is 0 Å². The van der Waals surface area contributed by atoms with Gasteiger partial charge < -0.3 is 29.4 Å². The zero-order valence-corrected chi connectivity index (χ0v) is 24.5. The van der Waals surface area contributed by atoms with E-state index in [0.717, 1.165) is 0 Å². The second kappa shape index (κ2) is 25.9. The van der Waals surface area contributed by atoms with Gasteiger partial charge in [0.15, 0.2) is 0 Å². The number of hydrogen-bond donors (Lipinski definition) is 6. The average Bonchev–Trinajstić information content (AvgIpc) is 2.55. The molecule has 0 aliphatic carbocycles. The van der Waals surface area contributed by atoms with Crippen LogP contribution in [0, 0.1) is 0 Å². The third-order valence-electron chi connectivity index (χ3n) is 4.10. The molecule has 0 aromatic rings. The first-order valence-electron chi connectivity index (χ1n) is 10.8. The minimum Gasteiger partial charge on any atom is -0.325 e. The minimum absolute atomic E-state index is 1.38. The van der Waals surface area contributed by atoms with Gasteiger partial charge in [0, 0.05) is 0 Å². The average molecular weight is 547 g/mol. The van der Waals surface area contributed by atoms with Crippen LogP contribution in [0.25, 0.3) is 0 Å². The summed E-state index contributed by atoms with van der Waals surface area (Å²) in [5.74, 6) is 0.